The Morgan fingerprint density at radius 1 is 1.54 bits per heavy atom. The first-order valence-corrected chi connectivity index (χ1v) is 3.80. The number of benzene rings is 1. The third-order valence-electron chi connectivity index (χ3n) is 1.27. The average molecular weight is 209 g/mol. The van der Waals surface area contributed by atoms with Crippen LogP contribution < -0.4 is 5.32 Å². The van der Waals surface area contributed by atoms with Gasteiger partial charge in [-0.25, -0.2) is 4.39 Å². The van der Waals surface area contributed by atoms with Gasteiger partial charge in [-0.2, -0.15) is 0 Å². The Morgan fingerprint density at radius 2 is 2.15 bits per heavy atom. The molecule has 1 N–H and O–H groups in total. The number of amides is 1. The number of carbonyl (C=O) groups is 1. The molecule has 0 spiro atoms. The van der Waals surface area contributed by atoms with Crippen molar-refractivity contribution < 1.29 is 9.18 Å². The molecule has 2 nitrogen and oxygen atoms in total. The number of thiol groups is 1. The Balaban J connectivity index is 0.00000144. The van der Waals surface area contributed by atoms with Gasteiger partial charge in [0.15, 0.2) is 0 Å². The van der Waals surface area contributed by atoms with Crippen molar-refractivity contribution in [2.24, 2.45) is 0 Å². The number of nitrogens with one attached hydrogen (secondary N) is 1. The number of hydrogen-bond acceptors (Lipinski definition) is 2. The van der Waals surface area contributed by atoms with E-state index in [9.17, 15) is 9.18 Å². The predicted octanol–water partition coefficient (Wildman–Crippen LogP) is 1.42. The van der Waals surface area contributed by atoms with Crippen LogP contribution in [0.3, 0.4) is 0 Å². The van der Waals surface area contributed by atoms with E-state index in [-0.39, 0.29) is 35.5 Å². The summed E-state index contributed by atoms with van der Waals surface area (Å²) in [6.07, 6.45) is 0. The molecule has 0 aliphatic heterocycles. The molecule has 0 saturated heterocycles. The quantitative estimate of drug-likeness (QED) is 0.531. The van der Waals surface area contributed by atoms with Crippen molar-refractivity contribution in [1.29, 1.82) is 0 Å². The van der Waals surface area contributed by atoms with E-state index in [4.69, 9.17) is 0 Å². The van der Waals surface area contributed by atoms with Crippen molar-refractivity contribution in [3.05, 3.63) is 24.0 Å². The molecule has 0 aliphatic rings. The molecule has 5 heteroatoms. The van der Waals surface area contributed by atoms with Gasteiger partial charge in [-0.15, -0.1) is 12.6 Å². The van der Waals surface area contributed by atoms with Gasteiger partial charge in [0.2, 0.25) is 5.91 Å². The zero-order chi connectivity index (χ0) is 9.14. The fraction of sp³-hybridized carbons (Fsp3) is 0.125. The van der Waals surface area contributed by atoms with Crippen LogP contribution in [0.25, 0.3) is 0 Å². The number of carbonyl (C=O) groups excluding carboxylic acids is 1. The van der Waals surface area contributed by atoms with Crippen LogP contribution in [0.15, 0.2) is 23.1 Å². The van der Waals surface area contributed by atoms with Crippen molar-refractivity contribution in [2.75, 3.05) is 5.32 Å². The number of halogens is 1. The maximum atomic E-state index is 12.6. The minimum atomic E-state index is -0.392. The molecule has 13 heavy (non-hydrogen) atoms. The summed E-state index contributed by atoms with van der Waals surface area (Å²) in [5, 5.41) is 2.46. The molecule has 1 rings (SSSR count). The molecule has 1 aromatic rings. The molecule has 0 saturated carbocycles. The number of anilines is 1. The van der Waals surface area contributed by atoms with Crippen LogP contribution in [-0.2, 0) is 4.79 Å². The zero-order valence-corrected chi connectivity index (χ0v) is 7.36. The van der Waals surface area contributed by atoms with Crippen molar-refractivity contribution in [1.82, 2.24) is 0 Å². The van der Waals surface area contributed by atoms with Crippen molar-refractivity contribution in [2.45, 2.75) is 11.8 Å². The fourth-order valence-electron chi connectivity index (χ4n) is 0.798. The van der Waals surface area contributed by atoms with Gasteiger partial charge in [0.1, 0.15) is 5.82 Å². The topological polar surface area (TPSA) is 29.1 Å². The summed E-state index contributed by atoms with van der Waals surface area (Å²) in [6.45, 7) is 1.36. The number of rotatable bonds is 1. The average Bonchev–Trinajstić information content (AvgIpc) is 1.96. The molecule has 0 atom stereocenters. The van der Waals surface area contributed by atoms with E-state index in [0.29, 0.717) is 10.6 Å². The molecule has 0 fully saturated rings. The van der Waals surface area contributed by atoms with Crippen LogP contribution in [0.4, 0.5) is 10.1 Å². The fourth-order valence-corrected chi connectivity index (χ4v) is 0.993. The van der Waals surface area contributed by atoms with Crippen LogP contribution >= 0.6 is 12.6 Å². The van der Waals surface area contributed by atoms with E-state index in [1.54, 1.807) is 0 Å². The molecule has 66 valence electrons. The van der Waals surface area contributed by atoms with E-state index < -0.39 is 5.82 Å². The van der Waals surface area contributed by atoms with Crippen LogP contribution in [0.2, 0.25) is 0 Å². The van der Waals surface area contributed by atoms with E-state index in [2.05, 4.69) is 17.9 Å². The minimum absolute atomic E-state index is 0. The molecule has 0 aliphatic carbocycles. The molecular formula is C8H9FNNaOS. The van der Waals surface area contributed by atoms with E-state index in [1.807, 2.05) is 0 Å². The predicted molar refractivity (Wildman–Crippen MR) is 55.1 cm³/mol. The molecule has 0 aromatic heterocycles. The standard InChI is InChI=1S/C8H8FNOS.Na.H/c1-5(11)10-7-4-6(9)2-3-8(7)12;;/h2-4,12H,1H3,(H,10,11);;. The Hall–Kier alpha value is -0.0300. The van der Waals surface area contributed by atoms with Gasteiger partial charge >= 0.3 is 29.6 Å². The van der Waals surface area contributed by atoms with E-state index in [0.717, 1.165) is 0 Å². The first-order chi connectivity index (χ1) is 5.59. The maximum absolute atomic E-state index is 12.6. The Kier molecular flexibility index (Phi) is 5.64. The van der Waals surface area contributed by atoms with Crippen molar-refractivity contribution in [3.63, 3.8) is 0 Å². The molecule has 0 unspecified atom stereocenters. The summed E-state index contributed by atoms with van der Waals surface area (Å²) in [7, 11) is 0. The van der Waals surface area contributed by atoms with Gasteiger partial charge in [-0.05, 0) is 18.2 Å². The Bertz CT molecular complexity index is 319. The first kappa shape index (κ1) is 13.0. The van der Waals surface area contributed by atoms with Gasteiger partial charge in [-0.3, -0.25) is 4.79 Å². The Morgan fingerprint density at radius 3 is 2.69 bits per heavy atom. The summed E-state index contributed by atoms with van der Waals surface area (Å²) in [5.74, 6) is -0.632. The second-order valence-electron chi connectivity index (χ2n) is 2.34. The number of hydrogen-bond donors (Lipinski definition) is 2. The third-order valence-corrected chi connectivity index (χ3v) is 1.66. The zero-order valence-electron chi connectivity index (χ0n) is 6.47. The monoisotopic (exact) mass is 209 g/mol. The molecule has 1 amide bonds. The second-order valence-corrected chi connectivity index (χ2v) is 2.82. The van der Waals surface area contributed by atoms with Crippen LogP contribution in [0, 0.1) is 5.82 Å². The SMILES string of the molecule is CC(=O)Nc1cc(F)ccc1S.[NaH]. The molecule has 0 bridgehead atoms. The summed E-state index contributed by atoms with van der Waals surface area (Å²) < 4.78 is 12.6. The summed E-state index contributed by atoms with van der Waals surface area (Å²) in [5.41, 5.74) is 0.394. The summed E-state index contributed by atoms with van der Waals surface area (Å²) in [4.78, 5) is 11.2. The van der Waals surface area contributed by atoms with Gasteiger partial charge in [0, 0.05) is 11.8 Å². The van der Waals surface area contributed by atoms with Gasteiger partial charge in [-0.1, -0.05) is 0 Å². The van der Waals surface area contributed by atoms with E-state index in [1.165, 1.54) is 25.1 Å². The molecule has 1 aromatic carbocycles. The first-order valence-electron chi connectivity index (χ1n) is 3.35. The third kappa shape index (κ3) is 4.13. The van der Waals surface area contributed by atoms with Gasteiger partial charge < -0.3 is 5.32 Å². The van der Waals surface area contributed by atoms with Gasteiger partial charge in [0.25, 0.3) is 0 Å². The van der Waals surface area contributed by atoms with E-state index >= 15 is 0 Å². The van der Waals surface area contributed by atoms with Crippen molar-refractivity contribution in [3.8, 4) is 0 Å². The summed E-state index contributed by atoms with van der Waals surface area (Å²) >= 11 is 4.04. The molecule has 0 radical (unpaired) electrons. The molecule has 0 heterocycles. The van der Waals surface area contributed by atoms with Crippen molar-refractivity contribution >= 4 is 53.8 Å². The summed E-state index contributed by atoms with van der Waals surface area (Å²) in [6, 6.07) is 4.00. The molecular weight excluding hydrogens is 200 g/mol. The van der Waals surface area contributed by atoms with Crippen LogP contribution in [0.5, 0.6) is 0 Å². The van der Waals surface area contributed by atoms with Crippen LogP contribution in [0.1, 0.15) is 6.92 Å². The van der Waals surface area contributed by atoms with Crippen LogP contribution in [-0.4, -0.2) is 35.5 Å². The second kappa shape index (κ2) is 5.65. The van der Waals surface area contributed by atoms with Gasteiger partial charge in [0.05, 0.1) is 5.69 Å². The normalized spacial score (nSPS) is 8.85. The Labute approximate surface area is 104 Å².